The first-order chi connectivity index (χ1) is 13.3. The standard InChI is InChI=1S/C22H19NO4S/c1-16-8-12-18(13-9-16)21(24)22(25)23(19-6-4-3-5-7-19)28(26,27)20-14-10-17(2)11-15-20/h3-15H,1-2H3. The van der Waals surface area contributed by atoms with Gasteiger partial charge in [0.1, 0.15) is 0 Å². The Morgan fingerprint density at radius 3 is 1.75 bits per heavy atom. The lowest BCUT2D eigenvalue weighted by atomic mass is 10.1. The highest BCUT2D eigenvalue weighted by Crippen LogP contribution is 2.25. The van der Waals surface area contributed by atoms with E-state index in [4.69, 9.17) is 0 Å². The molecule has 6 heteroatoms. The molecule has 3 rings (SSSR count). The van der Waals surface area contributed by atoms with Crippen molar-refractivity contribution < 1.29 is 18.0 Å². The molecule has 0 saturated heterocycles. The first-order valence-electron chi connectivity index (χ1n) is 8.63. The first-order valence-corrected chi connectivity index (χ1v) is 10.1. The summed E-state index contributed by atoms with van der Waals surface area (Å²) in [4.78, 5) is 25.7. The molecule has 0 aliphatic rings. The molecule has 0 aliphatic heterocycles. The normalized spacial score (nSPS) is 11.1. The van der Waals surface area contributed by atoms with E-state index in [9.17, 15) is 18.0 Å². The van der Waals surface area contributed by atoms with Crippen LogP contribution in [0.3, 0.4) is 0 Å². The zero-order chi connectivity index (χ0) is 20.3. The van der Waals surface area contributed by atoms with Crippen LogP contribution < -0.4 is 4.31 Å². The molecular weight excluding hydrogens is 374 g/mol. The van der Waals surface area contributed by atoms with Crippen molar-refractivity contribution in [2.75, 3.05) is 4.31 Å². The molecule has 0 spiro atoms. The second-order valence-corrected chi connectivity index (χ2v) is 8.21. The second kappa shape index (κ2) is 7.78. The van der Waals surface area contributed by atoms with Crippen molar-refractivity contribution in [3.63, 3.8) is 0 Å². The third-order valence-electron chi connectivity index (χ3n) is 4.24. The van der Waals surface area contributed by atoms with Crippen LogP contribution in [-0.2, 0) is 14.8 Å². The third-order valence-corrected chi connectivity index (χ3v) is 5.97. The smallest absolute Gasteiger partial charge is 0.283 e. The Hall–Kier alpha value is -3.25. The zero-order valence-corrected chi connectivity index (χ0v) is 16.3. The van der Waals surface area contributed by atoms with Crippen molar-refractivity contribution in [2.45, 2.75) is 18.7 Å². The van der Waals surface area contributed by atoms with Crippen LogP contribution in [0.5, 0.6) is 0 Å². The SMILES string of the molecule is Cc1ccc(C(=O)C(=O)N(c2ccccc2)S(=O)(=O)c2ccc(C)cc2)cc1. The Morgan fingerprint density at radius 2 is 1.21 bits per heavy atom. The fraction of sp³-hybridized carbons (Fsp3) is 0.0909. The van der Waals surface area contributed by atoms with E-state index < -0.39 is 21.7 Å². The number of carbonyl (C=O) groups is 2. The molecule has 0 heterocycles. The van der Waals surface area contributed by atoms with E-state index >= 15 is 0 Å². The molecule has 1 amide bonds. The van der Waals surface area contributed by atoms with Crippen molar-refractivity contribution in [2.24, 2.45) is 0 Å². The van der Waals surface area contributed by atoms with E-state index in [1.165, 1.54) is 36.4 Å². The van der Waals surface area contributed by atoms with Crippen molar-refractivity contribution in [3.8, 4) is 0 Å². The molecule has 0 radical (unpaired) electrons. The maximum atomic E-state index is 13.2. The lowest BCUT2D eigenvalue weighted by molar-refractivity contribution is -0.113. The molecule has 0 unspecified atom stereocenters. The Labute approximate surface area is 164 Å². The van der Waals surface area contributed by atoms with Crippen LogP contribution in [0.15, 0.2) is 83.8 Å². The van der Waals surface area contributed by atoms with Crippen LogP contribution in [-0.4, -0.2) is 20.1 Å². The van der Waals surface area contributed by atoms with Gasteiger partial charge >= 0.3 is 5.91 Å². The lowest BCUT2D eigenvalue weighted by Crippen LogP contribution is -2.41. The summed E-state index contributed by atoms with van der Waals surface area (Å²) in [6.07, 6.45) is 0. The number of carbonyl (C=O) groups excluding carboxylic acids is 2. The van der Waals surface area contributed by atoms with Crippen LogP contribution in [0, 0.1) is 13.8 Å². The number of rotatable bonds is 5. The predicted octanol–water partition coefficient (Wildman–Crippen LogP) is 3.91. The third kappa shape index (κ3) is 3.87. The monoisotopic (exact) mass is 393 g/mol. The van der Waals surface area contributed by atoms with Gasteiger partial charge in [0.2, 0.25) is 0 Å². The average Bonchev–Trinajstić information content (AvgIpc) is 2.69. The first kappa shape index (κ1) is 19.5. The minimum absolute atomic E-state index is 0.0630. The molecule has 142 valence electrons. The fourth-order valence-electron chi connectivity index (χ4n) is 2.66. The number of hydrogen-bond acceptors (Lipinski definition) is 4. The van der Waals surface area contributed by atoms with Crippen LogP contribution >= 0.6 is 0 Å². The Balaban J connectivity index is 2.09. The number of benzene rings is 3. The van der Waals surface area contributed by atoms with Crippen molar-refractivity contribution in [3.05, 3.63) is 95.6 Å². The van der Waals surface area contributed by atoms with Gasteiger partial charge in [0, 0.05) is 5.56 Å². The number of Topliss-reactive ketones (excluding diaryl/α,β-unsaturated/α-hetero) is 1. The van der Waals surface area contributed by atoms with Gasteiger partial charge in [-0.05, 0) is 38.1 Å². The van der Waals surface area contributed by atoms with Gasteiger partial charge in [-0.3, -0.25) is 9.59 Å². The molecule has 0 N–H and O–H groups in total. The van der Waals surface area contributed by atoms with E-state index in [1.54, 1.807) is 42.5 Å². The number of para-hydroxylation sites is 1. The Bertz CT molecular complexity index is 1100. The average molecular weight is 393 g/mol. The summed E-state index contributed by atoms with van der Waals surface area (Å²) in [5.41, 5.74) is 2.05. The second-order valence-electron chi connectivity index (χ2n) is 6.42. The van der Waals surface area contributed by atoms with E-state index in [0.717, 1.165) is 11.1 Å². The summed E-state index contributed by atoms with van der Waals surface area (Å²) in [6, 6.07) is 20.4. The molecule has 28 heavy (non-hydrogen) atoms. The van der Waals surface area contributed by atoms with Crippen molar-refractivity contribution in [1.29, 1.82) is 0 Å². The quantitative estimate of drug-likeness (QED) is 0.487. The zero-order valence-electron chi connectivity index (χ0n) is 15.5. The molecule has 3 aromatic carbocycles. The van der Waals surface area contributed by atoms with Gasteiger partial charge in [-0.1, -0.05) is 65.7 Å². The molecule has 0 atom stereocenters. The number of nitrogens with zero attached hydrogens (tertiary/aromatic N) is 1. The van der Waals surface area contributed by atoms with Crippen LogP contribution in [0.1, 0.15) is 21.5 Å². The molecule has 0 fully saturated rings. The lowest BCUT2D eigenvalue weighted by Gasteiger charge is -2.22. The van der Waals surface area contributed by atoms with E-state index in [-0.39, 0.29) is 16.1 Å². The highest BCUT2D eigenvalue weighted by atomic mass is 32.2. The summed E-state index contributed by atoms with van der Waals surface area (Å²) in [7, 11) is -4.27. The number of hydrogen-bond donors (Lipinski definition) is 0. The van der Waals surface area contributed by atoms with Gasteiger partial charge in [-0.25, -0.2) is 8.42 Å². The maximum Gasteiger partial charge on any atom is 0.313 e. The summed E-state index contributed by atoms with van der Waals surface area (Å²) in [5.74, 6) is -2.02. The van der Waals surface area contributed by atoms with Gasteiger partial charge in [-0.15, -0.1) is 0 Å². The Morgan fingerprint density at radius 1 is 0.714 bits per heavy atom. The predicted molar refractivity (Wildman–Crippen MR) is 108 cm³/mol. The molecule has 5 nitrogen and oxygen atoms in total. The minimum atomic E-state index is -4.27. The molecule has 0 aliphatic carbocycles. The number of aryl methyl sites for hydroxylation is 2. The number of sulfonamides is 1. The van der Waals surface area contributed by atoms with Gasteiger partial charge in [0.25, 0.3) is 15.8 Å². The molecule has 3 aromatic rings. The van der Waals surface area contributed by atoms with Gasteiger partial charge < -0.3 is 0 Å². The maximum absolute atomic E-state index is 13.2. The van der Waals surface area contributed by atoms with Crippen molar-refractivity contribution in [1.82, 2.24) is 0 Å². The van der Waals surface area contributed by atoms with Crippen LogP contribution in [0.2, 0.25) is 0 Å². The summed E-state index contributed by atoms with van der Waals surface area (Å²) in [6.45, 7) is 3.69. The van der Waals surface area contributed by atoms with Crippen molar-refractivity contribution >= 4 is 27.4 Å². The highest BCUT2D eigenvalue weighted by Gasteiger charge is 2.35. The van der Waals surface area contributed by atoms with Crippen LogP contribution in [0.25, 0.3) is 0 Å². The topological polar surface area (TPSA) is 71.5 Å². The fourth-order valence-corrected chi connectivity index (χ4v) is 4.06. The summed E-state index contributed by atoms with van der Waals surface area (Å²) in [5, 5.41) is 0. The minimum Gasteiger partial charge on any atom is -0.283 e. The largest absolute Gasteiger partial charge is 0.313 e. The number of ketones is 1. The molecule has 0 bridgehead atoms. The van der Waals surface area contributed by atoms with Crippen LogP contribution in [0.4, 0.5) is 5.69 Å². The van der Waals surface area contributed by atoms with Gasteiger partial charge in [0.05, 0.1) is 10.6 Å². The molecule has 0 aromatic heterocycles. The molecular formula is C22H19NO4S. The van der Waals surface area contributed by atoms with E-state index in [0.29, 0.717) is 4.31 Å². The summed E-state index contributed by atoms with van der Waals surface area (Å²) < 4.78 is 27.0. The van der Waals surface area contributed by atoms with E-state index in [1.807, 2.05) is 13.8 Å². The molecule has 0 saturated carbocycles. The number of amides is 1. The number of anilines is 1. The van der Waals surface area contributed by atoms with Gasteiger partial charge in [-0.2, -0.15) is 4.31 Å². The highest BCUT2D eigenvalue weighted by molar-refractivity contribution is 7.93. The summed E-state index contributed by atoms with van der Waals surface area (Å²) >= 11 is 0. The van der Waals surface area contributed by atoms with E-state index in [2.05, 4.69) is 0 Å². The Kier molecular flexibility index (Phi) is 5.42. The van der Waals surface area contributed by atoms with Gasteiger partial charge in [0.15, 0.2) is 0 Å².